The van der Waals surface area contributed by atoms with Gasteiger partial charge in [-0.15, -0.1) is 0 Å². The number of nitrogens with zero attached hydrogens (tertiary/aromatic N) is 1. The molecule has 1 unspecified atom stereocenters. The number of carbonyl (C=O) groups is 1. The van der Waals surface area contributed by atoms with E-state index in [9.17, 15) is 4.79 Å². The van der Waals surface area contributed by atoms with Gasteiger partial charge < -0.3 is 10.4 Å². The van der Waals surface area contributed by atoms with Crippen molar-refractivity contribution in [2.24, 2.45) is 0 Å². The number of benzene rings is 1. The smallest absolute Gasteiger partial charge is 0.320 e. The molecular formula is C15H19N3O2S. The molecule has 0 fully saturated rings. The van der Waals surface area contributed by atoms with Crippen LogP contribution in [0, 0.1) is 6.92 Å². The molecule has 5 nitrogen and oxygen atoms in total. The van der Waals surface area contributed by atoms with Crippen molar-refractivity contribution < 1.29 is 9.90 Å². The number of anilines is 1. The van der Waals surface area contributed by atoms with Gasteiger partial charge in [-0.2, -0.15) is 0 Å². The molecule has 21 heavy (non-hydrogen) atoms. The van der Waals surface area contributed by atoms with E-state index in [0.717, 1.165) is 21.3 Å². The van der Waals surface area contributed by atoms with E-state index in [4.69, 9.17) is 5.11 Å². The van der Waals surface area contributed by atoms with Crippen LogP contribution in [0.4, 0.5) is 9.80 Å². The first-order valence-corrected chi connectivity index (χ1v) is 7.67. The van der Waals surface area contributed by atoms with E-state index < -0.39 is 0 Å². The van der Waals surface area contributed by atoms with E-state index in [1.54, 1.807) is 0 Å². The number of aryl methyl sites for hydroxylation is 1. The molecule has 1 aromatic heterocycles. The summed E-state index contributed by atoms with van der Waals surface area (Å²) in [5.74, 6) is 0. The molecule has 1 aromatic carbocycles. The second kappa shape index (κ2) is 7.19. The van der Waals surface area contributed by atoms with Crippen LogP contribution in [-0.4, -0.2) is 28.8 Å². The summed E-state index contributed by atoms with van der Waals surface area (Å²) in [5.41, 5.74) is 1.81. The SMILES string of the molecule is CCC(CO)NC(=O)Nc1sc(-c2ccccc2)nc1C. The van der Waals surface area contributed by atoms with Crippen molar-refractivity contribution in [1.82, 2.24) is 10.3 Å². The third kappa shape index (κ3) is 4.03. The minimum Gasteiger partial charge on any atom is -0.394 e. The largest absolute Gasteiger partial charge is 0.394 e. The number of rotatable bonds is 5. The Morgan fingerprint density at radius 3 is 2.71 bits per heavy atom. The van der Waals surface area contributed by atoms with Gasteiger partial charge >= 0.3 is 6.03 Å². The Morgan fingerprint density at radius 2 is 2.10 bits per heavy atom. The summed E-state index contributed by atoms with van der Waals surface area (Å²) in [6.07, 6.45) is 0.681. The Bertz CT molecular complexity index is 594. The molecule has 3 N–H and O–H groups in total. The highest BCUT2D eigenvalue weighted by atomic mass is 32.1. The molecule has 0 radical (unpaired) electrons. The topological polar surface area (TPSA) is 74.2 Å². The first-order chi connectivity index (χ1) is 10.1. The van der Waals surface area contributed by atoms with Crippen molar-refractivity contribution in [2.75, 3.05) is 11.9 Å². The summed E-state index contributed by atoms with van der Waals surface area (Å²) in [6, 6.07) is 9.30. The van der Waals surface area contributed by atoms with Crippen molar-refractivity contribution in [1.29, 1.82) is 0 Å². The highest BCUT2D eigenvalue weighted by Gasteiger charge is 2.14. The highest BCUT2D eigenvalue weighted by molar-refractivity contribution is 7.19. The third-order valence-electron chi connectivity index (χ3n) is 3.09. The van der Waals surface area contributed by atoms with Crippen molar-refractivity contribution >= 4 is 22.4 Å². The molecule has 0 saturated carbocycles. The molecule has 2 amide bonds. The van der Waals surface area contributed by atoms with E-state index >= 15 is 0 Å². The molecule has 0 aliphatic heterocycles. The van der Waals surface area contributed by atoms with Gasteiger partial charge in [0.15, 0.2) is 0 Å². The summed E-state index contributed by atoms with van der Waals surface area (Å²) < 4.78 is 0. The van der Waals surface area contributed by atoms with Crippen LogP contribution in [0.1, 0.15) is 19.0 Å². The van der Waals surface area contributed by atoms with Gasteiger partial charge in [0.05, 0.1) is 18.3 Å². The van der Waals surface area contributed by atoms with Gasteiger partial charge in [-0.25, -0.2) is 9.78 Å². The molecule has 2 aromatic rings. The van der Waals surface area contributed by atoms with Gasteiger partial charge in [-0.1, -0.05) is 48.6 Å². The zero-order chi connectivity index (χ0) is 15.2. The quantitative estimate of drug-likeness (QED) is 0.795. The van der Waals surface area contributed by atoms with E-state index in [-0.39, 0.29) is 18.7 Å². The van der Waals surface area contributed by atoms with Gasteiger partial charge in [0, 0.05) is 5.56 Å². The summed E-state index contributed by atoms with van der Waals surface area (Å²) >= 11 is 1.44. The first-order valence-electron chi connectivity index (χ1n) is 6.85. The van der Waals surface area contributed by atoms with Crippen LogP contribution in [0.5, 0.6) is 0 Å². The minimum absolute atomic E-state index is 0.0686. The van der Waals surface area contributed by atoms with E-state index in [1.165, 1.54) is 11.3 Å². The number of urea groups is 1. The van der Waals surface area contributed by atoms with Gasteiger partial charge in [-0.3, -0.25) is 5.32 Å². The highest BCUT2D eigenvalue weighted by Crippen LogP contribution is 2.31. The van der Waals surface area contributed by atoms with Crippen molar-refractivity contribution in [3.05, 3.63) is 36.0 Å². The van der Waals surface area contributed by atoms with E-state index in [0.29, 0.717) is 6.42 Å². The lowest BCUT2D eigenvalue weighted by Gasteiger charge is -2.14. The second-order valence-corrected chi connectivity index (χ2v) is 5.68. The fraction of sp³-hybridized carbons (Fsp3) is 0.333. The van der Waals surface area contributed by atoms with Crippen molar-refractivity contribution in [2.45, 2.75) is 26.3 Å². The molecule has 0 aliphatic carbocycles. The van der Waals surface area contributed by atoms with Crippen LogP contribution >= 0.6 is 11.3 Å². The van der Waals surface area contributed by atoms with Gasteiger partial charge in [-0.05, 0) is 13.3 Å². The molecule has 2 rings (SSSR count). The Morgan fingerprint density at radius 1 is 1.38 bits per heavy atom. The number of thiazole rings is 1. The molecule has 1 heterocycles. The average molecular weight is 305 g/mol. The second-order valence-electron chi connectivity index (χ2n) is 4.69. The monoisotopic (exact) mass is 305 g/mol. The van der Waals surface area contributed by atoms with Crippen molar-refractivity contribution in [3.8, 4) is 10.6 Å². The lowest BCUT2D eigenvalue weighted by Crippen LogP contribution is -2.39. The number of aliphatic hydroxyl groups is 1. The van der Waals surface area contributed by atoms with Crippen molar-refractivity contribution in [3.63, 3.8) is 0 Å². The average Bonchev–Trinajstić information content (AvgIpc) is 2.87. The van der Waals surface area contributed by atoms with Crippen LogP contribution in [0.2, 0.25) is 0 Å². The van der Waals surface area contributed by atoms with Crippen LogP contribution in [0.3, 0.4) is 0 Å². The summed E-state index contributed by atoms with van der Waals surface area (Å²) in [4.78, 5) is 16.4. The molecule has 1 atom stereocenters. The summed E-state index contributed by atoms with van der Waals surface area (Å²) in [6.45, 7) is 3.70. The van der Waals surface area contributed by atoms with Gasteiger partial charge in [0.2, 0.25) is 0 Å². The first kappa shape index (κ1) is 15.5. The number of aromatic nitrogens is 1. The lowest BCUT2D eigenvalue weighted by molar-refractivity contribution is 0.222. The third-order valence-corrected chi connectivity index (χ3v) is 4.21. The van der Waals surface area contributed by atoms with Crippen LogP contribution in [-0.2, 0) is 0 Å². The summed E-state index contributed by atoms with van der Waals surface area (Å²) in [5, 5.41) is 16.2. The molecule has 0 spiro atoms. The number of nitrogens with one attached hydrogen (secondary N) is 2. The lowest BCUT2D eigenvalue weighted by atomic mass is 10.2. The van der Waals surface area contributed by atoms with Gasteiger partial charge in [0.1, 0.15) is 10.0 Å². The van der Waals surface area contributed by atoms with E-state index in [2.05, 4.69) is 15.6 Å². The molecule has 0 saturated heterocycles. The maximum absolute atomic E-state index is 11.9. The normalized spacial score (nSPS) is 12.0. The Labute approximate surface area is 128 Å². The number of aliphatic hydroxyl groups excluding tert-OH is 1. The number of carbonyl (C=O) groups excluding carboxylic acids is 1. The number of hydrogen-bond acceptors (Lipinski definition) is 4. The maximum Gasteiger partial charge on any atom is 0.320 e. The standard InChI is InChI=1S/C15H19N3O2S/c1-3-12(9-19)17-15(20)18-13-10(2)16-14(21-13)11-7-5-4-6-8-11/h4-8,12,19H,3,9H2,1-2H3,(H2,17,18,20). The van der Waals surface area contributed by atoms with Crippen LogP contribution in [0.25, 0.3) is 10.6 Å². The molecule has 6 heteroatoms. The molecular weight excluding hydrogens is 286 g/mol. The van der Waals surface area contributed by atoms with Crippen LogP contribution < -0.4 is 10.6 Å². The number of amides is 2. The Balaban J connectivity index is 2.08. The van der Waals surface area contributed by atoms with Crippen LogP contribution in [0.15, 0.2) is 30.3 Å². The predicted octanol–water partition coefficient (Wildman–Crippen LogP) is 3.01. The predicted molar refractivity (Wildman–Crippen MR) is 85.6 cm³/mol. The fourth-order valence-corrected chi connectivity index (χ4v) is 2.78. The zero-order valence-corrected chi connectivity index (χ0v) is 12.9. The zero-order valence-electron chi connectivity index (χ0n) is 12.1. The Hall–Kier alpha value is -1.92. The Kier molecular flexibility index (Phi) is 5.30. The maximum atomic E-state index is 11.9. The van der Waals surface area contributed by atoms with E-state index in [1.807, 2.05) is 44.2 Å². The number of hydrogen-bond donors (Lipinski definition) is 3. The summed E-state index contributed by atoms with van der Waals surface area (Å²) in [7, 11) is 0. The minimum atomic E-state index is -0.317. The fourth-order valence-electron chi connectivity index (χ4n) is 1.82. The molecule has 0 aliphatic rings. The molecule has 112 valence electrons. The van der Waals surface area contributed by atoms with Gasteiger partial charge in [0.25, 0.3) is 0 Å². The molecule has 0 bridgehead atoms.